The van der Waals surface area contributed by atoms with Gasteiger partial charge in [-0.2, -0.15) is 0 Å². The van der Waals surface area contributed by atoms with Gasteiger partial charge in [-0.15, -0.1) is 0 Å². The van der Waals surface area contributed by atoms with E-state index in [1.165, 1.54) is 6.08 Å². The lowest BCUT2D eigenvalue weighted by Crippen LogP contribution is -2.32. The molecular weight excluding hydrogens is 219 g/mol. The van der Waals surface area contributed by atoms with Crippen molar-refractivity contribution < 1.29 is 4.79 Å². The van der Waals surface area contributed by atoms with E-state index in [4.69, 9.17) is 0 Å². The summed E-state index contributed by atoms with van der Waals surface area (Å²) in [4.78, 5) is 10.4. The van der Waals surface area contributed by atoms with E-state index in [1.54, 1.807) is 6.20 Å². The first-order chi connectivity index (χ1) is 3.79. The summed E-state index contributed by atoms with van der Waals surface area (Å²) in [5.74, 6) is -0.0158. The summed E-state index contributed by atoms with van der Waals surface area (Å²) in [7, 11) is 0. The Hall–Kier alpha value is -0.260. The molecular formula is C4H5IN2O. The van der Waals surface area contributed by atoms with Crippen molar-refractivity contribution in [1.29, 1.82) is 0 Å². The summed E-state index contributed by atoms with van der Waals surface area (Å²) in [5.41, 5.74) is 0. The van der Waals surface area contributed by atoms with Crippen molar-refractivity contribution in [3.05, 3.63) is 12.3 Å². The molecule has 0 saturated heterocycles. The molecule has 4 heteroatoms. The molecule has 0 aromatic heterocycles. The molecule has 0 unspecified atom stereocenters. The number of nitrogens with one attached hydrogen (secondary N) is 1. The first-order valence-corrected chi connectivity index (χ1v) is 3.14. The zero-order chi connectivity index (χ0) is 5.98. The molecule has 0 bridgehead atoms. The smallest absolute Gasteiger partial charge is 0.246 e. The summed E-state index contributed by atoms with van der Waals surface area (Å²) in [6, 6.07) is 0. The van der Waals surface area contributed by atoms with Crippen LogP contribution in [0.15, 0.2) is 12.3 Å². The molecule has 0 aliphatic carbocycles. The van der Waals surface area contributed by atoms with Crippen LogP contribution in [0.3, 0.4) is 0 Å². The zero-order valence-electron chi connectivity index (χ0n) is 4.10. The third-order valence-corrected chi connectivity index (χ3v) is 1.45. The van der Waals surface area contributed by atoms with Gasteiger partial charge in [-0.3, -0.25) is 4.79 Å². The van der Waals surface area contributed by atoms with Gasteiger partial charge in [-0.25, -0.2) is 0 Å². The van der Waals surface area contributed by atoms with Crippen LogP contribution in [-0.4, -0.2) is 15.7 Å². The molecule has 0 spiro atoms. The number of carbonyl (C=O) groups excluding carboxylic acids is 1. The van der Waals surface area contributed by atoms with E-state index in [2.05, 4.69) is 28.2 Å². The minimum atomic E-state index is -0.0158. The summed E-state index contributed by atoms with van der Waals surface area (Å²) in [6.07, 6.45) is 3.23. The molecule has 1 heterocycles. The fourth-order valence-electron chi connectivity index (χ4n) is 0.414. The van der Waals surface area contributed by atoms with Crippen molar-refractivity contribution in [3.63, 3.8) is 0 Å². The van der Waals surface area contributed by atoms with Crippen molar-refractivity contribution >= 4 is 28.8 Å². The standard InChI is InChI=1S/C4H5IN2O/c5-7-2-1-4(8)6-3-7/h1-2H,3H2,(H,6,8). The summed E-state index contributed by atoms with van der Waals surface area (Å²) in [6.45, 7) is 0.607. The lowest BCUT2D eigenvalue weighted by molar-refractivity contribution is -0.117. The van der Waals surface area contributed by atoms with Gasteiger partial charge < -0.3 is 8.43 Å². The maximum absolute atomic E-state index is 10.4. The van der Waals surface area contributed by atoms with Gasteiger partial charge >= 0.3 is 0 Å². The molecule has 8 heavy (non-hydrogen) atoms. The van der Waals surface area contributed by atoms with Crippen LogP contribution in [-0.2, 0) is 4.79 Å². The van der Waals surface area contributed by atoms with Gasteiger partial charge in [-0.05, 0) is 0 Å². The van der Waals surface area contributed by atoms with E-state index >= 15 is 0 Å². The zero-order valence-corrected chi connectivity index (χ0v) is 6.25. The predicted molar refractivity (Wildman–Crippen MR) is 38.0 cm³/mol. The summed E-state index contributed by atoms with van der Waals surface area (Å²) < 4.78 is 1.86. The number of nitrogens with zero attached hydrogens (tertiary/aromatic N) is 1. The number of rotatable bonds is 0. The van der Waals surface area contributed by atoms with Crippen molar-refractivity contribution in [3.8, 4) is 0 Å². The SMILES string of the molecule is O=C1C=CN(I)CN1. The number of amides is 1. The van der Waals surface area contributed by atoms with Gasteiger partial charge in [0.1, 0.15) is 0 Å². The van der Waals surface area contributed by atoms with E-state index in [0.29, 0.717) is 6.67 Å². The molecule has 0 fully saturated rings. The summed E-state index contributed by atoms with van der Waals surface area (Å²) >= 11 is 2.10. The second-order valence-corrected chi connectivity index (χ2v) is 2.65. The largest absolute Gasteiger partial charge is 0.334 e. The average molecular weight is 224 g/mol. The molecule has 1 aliphatic heterocycles. The Labute approximate surface area is 61.2 Å². The Balaban J connectivity index is 2.55. The van der Waals surface area contributed by atoms with Crippen LogP contribution < -0.4 is 5.32 Å². The van der Waals surface area contributed by atoms with Crippen LogP contribution in [0.4, 0.5) is 0 Å². The Morgan fingerprint density at radius 2 is 2.62 bits per heavy atom. The average Bonchev–Trinajstić information content (AvgIpc) is 1.77. The normalized spacial score (nSPS) is 18.6. The van der Waals surface area contributed by atoms with Gasteiger partial charge in [-0.1, -0.05) is 0 Å². The van der Waals surface area contributed by atoms with Crippen LogP contribution >= 0.6 is 22.9 Å². The molecule has 0 atom stereocenters. The maximum Gasteiger partial charge on any atom is 0.246 e. The highest BCUT2D eigenvalue weighted by atomic mass is 127. The van der Waals surface area contributed by atoms with E-state index in [0.717, 1.165) is 0 Å². The molecule has 0 aromatic carbocycles. The molecule has 1 rings (SSSR count). The van der Waals surface area contributed by atoms with E-state index in [1.807, 2.05) is 3.11 Å². The number of hydrogen-bond acceptors (Lipinski definition) is 2. The van der Waals surface area contributed by atoms with E-state index < -0.39 is 0 Å². The number of halogens is 1. The third kappa shape index (κ3) is 1.36. The van der Waals surface area contributed by atoms with Gasteiger partial charge in [0.25, 0.3) is 0 Å². The molecule has 1 aliphatic rings. The van der Waals surface area contributed by atoms with E-state index in [9.17, 15) is 4.79 Å². The highest BCUT2D eigenvalue weighted by Gasteiger charge is 2.02. The first-order valence-electron chi connectivity index (χ1n) is 2.17. The van der Waals surface area contributed by atoms with Crippen LogP contribution in [0.1, 0.15) is 0 Å². The topological polar surface area (TPSA) is 32.3 Å². The Bertz CT molecular complexity index is 134. The van der Waals surface area contributed by atoms with Gasteiger partial charge in [0.05, 0.1) is 29.5 Å². The van der Waals surface area contributed by atoms with Gasteiger partial charge in [0.15, 0.2) is 0 Å². The van der Waals surface area contributed by atoms with Crippen molar-refractivity contribution in [2.24, 2.45) is 0 Å². The molecule has 0 saturated carbocycles. The molecule has 1 N–H and O–H groups in total. The number of hydrogen-bond donors (Lipinski definition) is 1. The monoisotopic (exact) mass is 224 g/mol. The van der Waals surface area contributed by atoms with Crippen LogP contribution in [0, 0.1) is 0 Å². The van der Waals surface area contributed by atoms with Crippen molar-refractivity contribution in [1.82, 2.24) is 8.43 Å². The lowest BCUT2D eigenvalue weighted by atomic mass is 10.5. The first kappa shape index (κ1) is 5.87. The fraction of sp³-hybridized carbons (Fsp3) is 0.250. The summed E-state index contributed by atoms with van der Waals surface area (Å²) in [5, 5.41) is 2.62. The molecule has 3 nitrogen and oxygen atoms in total. The Kier molecular flexibility index (Phi) is 1.72. The Morgan fingerprint density at radius 3 is 3.00 bits per heavy atom. The van der Waals surface area contributed by atoms with Crippen molar-refractivity contribution in [2.45, 2.75) is 0 Å². The predicted octanol–water partition coefficient (Wildman–Crippen LogP) is 0.239. The molecule has 0 aromatic rings. The van der Waals surface area contributed by atoms with E-state index in [-0.39, 0.29) is 5.91 Å². The molecule has 1 amide bonds. The molecule has 44 valence electrons. The minimum absolute atomic E-state index is 0.0158. The molecule has 0 radical (unpaired) electrons. The maximum atomic E-state index is 10.4. The highest BCUT2D eigenvalue weighted by Crippen LogP contribution is 1.99. The quantitative estimate of drug-likeness (QED) is 0.472. The second-order valence-electron chi connectivity index (χ2n) is 1.41. The minimum Gasteiger partial charge on any atom is -0.334 e. The highest BCUT2D eigenvalue weighted by molar-refractivity contribution is 14.1. The van der Waals surface area contributed by atoms with Gasteiger partial charge in [0, 0.05) is 12.3 Å². The van der Waals surface area contributed by atoms with Crippen LogP contribution in [0.5, 0.6) is 0 Å². The van der Waals surface area contributed by atoms with Crippen LogP contribution in [0.2, 0.25) is 0 Å². The Morgan fingerprint density at radius 1 is 1.88 bits per heavy atom. The van der Waals surface area contributed by atoms with Crippen LogP contribution in [0.25, 0.3) is 0 Å². The number of carbonyl (C=O) groups is 1. The van der Waals surface area contributed by atoms with Crippen molar-refractivity contribution in [2.75, 3.05) is 6.67 Å². The third-order valence-electron chi connectivity index (χ3n) is 0.792. The fourth-order valence-corrected chi connectivity index (χ4v) is 0.745. The second kappa shape index (κ2) is 2.34. The lowest BCUT2D eigenvalue weighted by Gasteiger charge is -2.14. The van der Waals surface area contributed by atoms with Gasteiger partial charge in [0.2, 0.25) is 5.91 Å².